The summed E-state index contributed by atoms with van der Waals surface area (Å²) in [6.07, 6.45) is 0. The zero-order valence-corrected chi connectivity index (χ0v) is 19.2. The number of fused-ring (bicyclic) bond motifs is 1. The van der Waals surface area contributed by atoms with E-state index >= 15 is 0 Å². The Morgan fingerprint density at radius 1 is 0.941 bits per heavy atom. The van der Waals surface area contributed by atoms with Crippen LogP contribution in [0.1, 0.15) is 29.8 Å². The van der Waals surface area contributed by atoms with Crippen molar-refractivity contribution in [3.8, 4) is 0 Å². The first-order valence-electron chi connectivity index (χ1n) is 11.5. The van der Waals surface area contributed by atoms with Crippen molar-refractivity contribution >= 4 is 34.6 Å². The third-order valence-electron chi connectivity index (χ3n) is 6.82. The molecule has 2 N–H and O–H groups in total. The normalized spacial score (nSPS) is 20.6. The molecule has 0 aliphatic carbocycles. The number of benzene rings is 2. The molecular weight excluding hydrogens is 430 g/mol. The highest BCUT2D eigenvalue weighted by Crippen LogP contribution is 2.33. The van der Waals surface area contributed by atoms with Crippen molar-refractivity contribution in [2.45, 2.75) is 19.4 Å². The molecule has 34 heavy (non-hydrogen) atoms. The standard InChI is InChI=1S/C26H27N5O3/c1-17(2)26(24(33)28-25(34)29-26)20-10-7-19(8-11-20)23(32)31-15-13-30(14-16-31)22-12-9-18-5-3-4-6-21(18)27-22/h3-12,17H,13-16H2,1-2H3,(H2,28,29,33,34)/t26-/m1/s1. The van der Waals surface area contributed by atoms with Gasteiger partial charge in [-0.05, 0) is 41.8 Å². The summed E-state index contributed by atoms with van der Waals surface area (Å²) in [4.78, 5) is 46.3. The van der Waals surface area contributed by atoms with Gasteiger partial charge in [-0.25, -0.2) is 9.78 Å². The molecule has 0 unspecified atom stereocenters. The smallest absolute Gasteiger partial charge is 0.322 e. The van der Waals surface area contributed by atoms with Gasteiger partial charge in [-0.2, -0.15) is 0 Å². The predicted octanol–water partition coefficient (Wildman–Crippen LogP) is 2.89. The van der Waals surface area contributed by atoms with Gasteiger partial charge in [0, 0.05) is 37.1 Å². The van der Waals surface area contributed by atoms with E-state index in [2.05, 4.69) is 21.6 Å². The molecule has 174 valence electrons. The molecule has 1 aromatic heterocycles. The molecule has 2 aromatic carbocycles. The van der Waals surface area contributed by atoms with Crippen LogP contribution < -0.4 is 15.5 Å². The molecule has 0 saturated carbocycles. The summed E-state index contributed by atoms with van der Waals surface area (Å²) < 4.78 is 0. The molecule has 2 aliphatic heterocycles. The molecule has 4 amide bonds. The van der Waals surface area contributed by atoms with Gasteiger partial charge in [0.2, 0.25) is 0 Å². The average molecular weight is 458 g/mol. The summed E-state index contributed by atoms with van der Waals surface area (Å²) in [5.41, 5.74) is 1.06. The lowest BCUT2D eigenvalue weighted by atomic mass is 9.79. The Kier molecular flexibility index (Phi) is 5.43. The molecule has 5 rings (SSSR count). The molecule has 2 fully saturated rings. The van der Waals surface area contributed by atoms with Crippen LogP contribution in [0.25, 0.3) is 10.9 Å². The maximum atomic E-state index is 13.1. The Labute approximate surface area is 197 Å². The number of hydrogen-bond acceptors (Lipinski definition) is 5. The number of piperazine rings is 1. The van der Waals surface area contributed by atoms with Crippen LogP contribution in [-0.2, 0) is 10.3 Å². The highest BCUT2D eigenvalue weighted by Gasteiger charge is 2.50. The van der Waals surface area contributed by atoms with Crippen LogP contribution in [0.5, 0.6) is 0 Å². The van der Waals surface area contributed by atoms with E-state index < -0.39 is 11.6 Å². The van der Waals surface area contributed by atoms with Gasteiger partial charge in [0.05, 0.1) is 5.52 Å². The molecule has 2 aliphatic rings. The fourth-order valence-electron chi connectivity index (χ4n) is 4.84. The Morgan fingerprint density at radius 2 is 1.65 bits per heavy atom. The number of anilines is 1. The van der Waals surface area contributed by atoms with E-state index in [1.54, 1.807) is 24.3 Å². The highest BCUT2D eigenvalue weighted by molar-refractivity contribution is 6.07. The van der Waals surface area contributed by atoms with Gasteiger partial charge < -0.3 is 15.1 Å². The molecule has 3 heterocycles. The fraction of sp³-hybridized carbons (Fsp3) is 0.308. The Hall–Kier alpha value is -3.94. The number of rotatable bonds is 4. The molecule has 2 saturated heterocycles. The molecule has 3 aromatic rings. The van der Waals surface area contributed by atoms with E-state index in [0.717, 1.165) is 16.7 Å². The van der Waals surface area contributed by atoms with E-state index in [0.29, 0.717) is 37.3 Å². The molecule has 8 heteroatoms. The fourth-order valence-corrected chi connectivity index (χ4v) is 4.84. The minimum atomic E-state index is -1.13. The summed E-state index contributed by atoms with van der Waals surface area (Å²) >= 11 is 0. The molecular formula is C26H27N5O3. The van der Waals surface area contributed by atoms with Crippen molar-refractivity contribution in [2.24, 2.45) is 5.92 Å². The first-order valence-corrected chi connectivity index (χ1v) is 11.5. The van der Waals surface area contributed by atoms with Crippen molar-refractivity contribution in [2.75, 3.05) is 31.1 Å². The van der Waals surface area contributed by atoms with E-state index in [1.165, 1.54) is 0 Å². The van der Waals surface area contributed by atoms with E-state index in [-0.39, 0.29) is 17.7 Å². The Morgan fingerprint density at radius 3 is 2.29 bits per heavy atom. The predicted molar refractivity (Wildman–Crippen MR) is 129 cm³/mol. The van der Waals surface area contributed by atoms with Crippen LogP contribution in [0.4, 0.5) is 10.6 Å². The van der Waals surface area contributed by atoms with Crippen molar-refractivity contribution < 1.29 is 14.4 Å². The molecule has 0 radical (unpaired) electrons. The number of nitrogens with one attached hydrogen (secondary N) is 2. The number of carbonyl (C=O) groups excluding carboxylic acids is 3. The van der Waals surface area contributed by atoms with Crippen molar-refractivity contribution in [1.82, 2.24) is 20.5 Å². The Bertz CT molecular complexity index is 1260. The van der Waals surface area contributed by atoms with Crippen LogP contribution in [-0.4, -0.2) is 53.9 Å². The second-order valence-electron chi connectivity index (χ2n) is 9.09. The molecule has 1 atom stereocenters. The minimum absolute atomic E-state index is 0.0452. The summed E-state index contributed by atoms with van der Waals surface area (Å²) in [6.45, 7) is 6.38. The maximum absolute atomic E-state index is 13.1. The van der Waals surface area contributed by atoms with Crippen LogP contribution in [0, 0.1) is 5.92 Å². The third kappa shape index (κ3) is 3.65. The monoisotopic (exact) mass is 457 g/mol. The second kappa shape index (κ2) is 8.44. The van der Waals surface area contributed by atoms with E-state index in [1.807, 2.05) is 49.1 Å². The van der Waals surface area contributed by atoms with Gasteiger partial charge in [-0.3, -0.25) is 14.9 Å². The van der Waals surface area contributed by atoms with E-state index in [9.17, 15) is 14.4 Å². The number of para-hydroxylation sites is 1. The van der Waals surface area contributed by atoms with Crippen LogP contribution in [0.3, 0.4) is 0 Å². The number of amides is 4. The quantitative estimate of drug-likeness (QED) is 0.588. The zero-order valence-electron chi connectivity index (χ0n) is 19.2. The summed E-state index contributed by atoms with van der Waals surface area (Å²) in [5.74, 6) is 0.351. The zero-order chi connectivity index (χ0) is 23.9. The Balaban J connectivity index is 1.27. The topological polar surface area (TPSA) is 94.6 Å². The van der Waals surface area contributed by atoms with Gasteiger partial charge in [-0.1, -0.05) is 44.2 Å². The van der Waals surface area contributed by atoms with Crippen LogP contribution >= 0.6 is 0 Å². The largest absolute Gasteiger partial charge is 0.353 e. The van der Waals surface area contributed by atoms with E-state index in [4.69, 9.17) is 4.98 Å². The molecule has 8 nitrogen and oxygen atoms in total. The van der Waals surface area contributed by atoms with Gasteiger partial charge in [-0.15, -0.1) is 0 Å². The summed E-state index contributed by atoms with van der Waals surface area (Å²) in [6, 6.07) is 18.6. The third-order valence-corrected chi connectivity index (χ3v) is 6.82. The number of pyridine rings is 1. The number of aromatic nitrogens is 1. The summed E-state index contributed by atoms with van der Waals surface area (Å²) in [5, 5.41) is 6.21. The van der Waals surface area contributed by atoms with Crippen molar-refractivity contribution in [1.29, 1.82) is 0 Å². The number of imide groups is 1. The number of urea groups is 1. The van der Waals surface area contributed by atoms with Crippen LogP contribution in [0.2, 0.25) is 0 Å². The molecule has 0 bridgehead atoms. The molecule has 0 spiro atoms. The number of hydrogen-bond donors (Lipinski definition) is 2. The summed E-state index contributed by atoms with van der Waals surface area (Å²) in [7, 11) is 0. The lowest BCUT2D eigenvalue weighted by Crippen LogP contribution is -2.49. The van der Waals surface area contributed by atoms with Gasteiger partial charge in [0.25, 0.3) is 11.8 Å². The number of nitrogens with zero attached hydrogens (tertiary/aromatic N) is 3. The van der Waals surface area contributed by atoms with Gasteiger partial charge in [0.1, 0.15) is 11.4 Å². The SMILES string of the molecule is CC(C)[C@]1(c2ccc(C(=O)N3CCN(c4ccc5ccccc5n4)CC3)cc2)NC(=O)NC1=O. The second-order valence-corrected chi connectivity index (χ2v) is 9.09. The lowest BCUT2D eigenvalue weighted by Gasteiger charge is -2.35. The van der Waals surface area contributed by atoms with Gasteiger partial charge >= 0.3 is 6.03 Å². The minimum Gasteiger partial charge on any atom is -0.353 e. The van der Waals surface area contributed by atoms with Gasteiger partial charge in [0.15, 0.2) is 0 Å². The maximum Gasteiger partial charge on any atom is 0.322 e. The lowest BCUT2D eigenvalue weighted by molar-refractivity contribution is -0.125. The number of carbonyl (C=O) groups is 3. The highest BCUT2D eigenvalue weighted by atomic mass is 16.2. The first kappa shape index (κ1) is 21.9. The first-order chi connectivity index (χ1) is 16.4. The van der Waals surface area contributed by atoms with Crippen molar-refractivity contribution in [3.63, 3.8) is 0 Å². The van der Waals surface area contributed by atoms with Crippen molar-refractivity contribution in [3.05, 3.63) is 71.8 Å². The van der Waals surface area contributed by atoms with Crippen LogP contribution in [0.15, 0.2) is 60.7 Å². The average Bonchev–Trinajstić information content (AvgIpc) is 3.18.